The van der Waals surface area contributed by atoms with Gasteiger partial charge in [-0.3, -0.25) is 4.55 Å². The Hall–Kier alpha value is -2.05. The van der Waals surface area contributed by atoms with E-state index >= 15 is 0 Å². The van der Waals surface area contributed by atoms with Crippen LogP contribution >= 0.6 is 0 Å². The summed E-state index contributed by atoms with van der Waals surface area (Å²) < 4.78 is 31.9. The van der Waals surface area contributed by atoms with E-state index in [1.807, 2.05) is 0 Å². The largest absolute Gasteiger partial charge is 0.508 e. The maximum Gasteiger partial charge on any atom is 0.296 e. The molecule has 0 aliphatic rings. The Morgan fingerprint density at radius 3 is 2.16 bits per heavy atom. The Labute approximate surface area is 111 Å². The van der Waals surface area contributed by atoms with Crippen molar-refractivity contribution in [2.75, 3.05) is 11.9 Å². The van der Waals surface area contributed by atoms with E-state index in [0.29, 0.717) is 11.4 Å². The SMILES string of the molecule is CN(c1ccc(O)cc1)c1ccccc1S(=O)(=O)O. The predicted molar refractivity (Wildman–Crippen MR) is 72.4 cm³/mol. The molecule has 0 fully saturated rings. The Morgan fingerprint density at radius 1 is 1.00 bits per heavy atom. The Balaban J connectivity index is 2.50. The lowest BCUT2D eigenvalue weighted by molar-refractivity contribution is 0.475. The fraction of sp³-hybridized carbons (Fsp3) is 0.0769. The first-order valence-corrected chi connectivity index (χ1v) is 6.93. The zero-order valence-corrected chi connectivity index (χ0v) is 11.0. The molecule has 0 aromatic heterocycles. The number of aromatic hydroxyl groups is 1. The number of hydrogen-bond donors (Lipinski definition) is 2. The molecule has 0 aliphatic heterocycles. The van der Waals surface area contributed by atoms with Crippen LogP contribution in [0.25, 0.3) is 0 Å². The molecule has 0 radical (unpaired) electrons. The van der Waals surface area contributed by atoms with Crippen molar-refractivity contribution in [1.82, 2.24) is 0 Å². The van der Waals surface area contributed by atoms with Gasteiger partial charge in [0.25, 0.3) is 10.1 Å². The van der Waals surface area contributed by atoms with Gasteiger partial charge in [-0.2, -0.15) is 8.42 Å². The van der Waals surface area contributed by atoms with E-state index in [0.717, 1.165) is 0 Å². The van der Waals surface area contributed by atoms with Gasteiger partial charge in [-0.05, 0) is 36.4 Å². The maximum atomic E-state index is 11.3. The van der Waals surface area contributed by atoms with Gasteiger partial charge in [0, 0.05) is 12.7 Å². The zero-order chi connectivity index (χ0) is 14.0. The number of phenols is 1. The molecule has 0 spiro atoms. The molecule has 0 amide bonds. The summed E-state index contributed by atoms with van der Waals surface area (Å²) in [6.07, 6.45) is 0. The van der Waals surface area contributed by atoms with E-state index in [9.17, 15) is 18.1 Å². The van der Waals surface area contributed by atoms with Gasteiger partial charge < -0.3 is 10.0 Å². The van der Waals surface area contributed by atoms with Crippen molar-refractivity contribution in [2.24, 2.45) is 0 Å². The first kappa shape index (κ1) is 13.4. The molecular formula is C13H13NO4S. The number of phenolic OH excluding ortho intramolecular Hbond substituents is 1. The summed E-state index contributed by atoms with van der Waals surface area (Å²) in [6.45, 7) is 0. The van der Waals surface area contributed by atoms with Gasteiger partial charge in [-0.25, -0.2) is 0 Å². The fourth-order valence-electron chi connectivity index (χ4n) is 1.77. The van der Waals surface area contributed by atoms with Crippen LogP contribution in [0.2, 0.25) is 0 Å². The molecular weight excluding hydrogens is 266 g/mol. The minimum absolute atomic E-state index is 0.125. The van der Waals surface area contributed by atoms with Crippen molar-refractivity contribution in [3.63, 3.8) is 0 Å². The summed E-state index contributed by atoms with van der Waals surface area (Å²) in [6, 6.07) is 12.5. The first-order valence-electron chi connectivity index (χ1n) is 5.49. The van der Waals surface area contributed by atoms with Gasteiger partial charge in [0.1, 0.15) is 10.6 Å². The molecule has 0 saturated carbocycles. The normalized spacial score (nSPS) is 11.3. The zero-order valence-electron chi connectivity index (χ0n) is 10.2. The van der Waals surface area contributed by atoms with Crippen molar-refractivity contribution in [3.8, 4) is 5.75 Å². The van der Waals surface area contributed by atoms with Crippen molar-refractivity contribution >= 4 is 21.5 Å². The van der Waals surface area contributed by atoms with Crippen LogP contribution in [0, 0.1) is 0 Å². The third-order valence-electron chi connectivity index (χ3n) is 2.74. The molecule has 6 heteroatoms. The summed E-state index contributed by atoms with van der Waals surface area (Å²) in [5, 5.41) is 9.24. The number of nitrogens with zero attached hydrogens (tertiary/aromatic N) is 1. The van der Waals surface area contributed by atoms with Crippen LogP contribution in [0.1, 0.15) is 0 Å². The lowest BCUT2D eigenvalue weighted by Crippen LogP contribution is -2.13. The second kappa shape index (κ2) is 4.91. The summed E-state index contributed by atoms with van der Waals surface area (Å²) in [4.78, 5) is 1.45. The van der Waals surface area contributed by atoms with E-state index in [4.69, 9.17) is 0 Å². The molecule has 0 heterocycles. The average molecular weight is 279 g/mol. The van der Waals surface area contributed by atoms with Crippen LogP contribution in [0.15, 0.2) is 53.4 Å². The molecule has 2 rings (SSSR count). The third kappa shape index (κ3) is 2.86. The number of rotatable bonds is 3. The standard InChI is InChI=1S/C13H13NO4S/c1-14(10-6-8-11(15)9-7-10)12-4-2-3-5-13(12)19(16,17)18/h2-9,15H,1H3,(H,16,17,18). The number of hydrogen-bond acceptors (Lipinski definition) is 4. The summed E-state index contributed by atoms with van der Waals surface area (Å²) in [7, 11) is -2.61. The molecule has 2 N–H and O–H groups in total. The number of benzene rings is 2. The molecule has 2 aromatic rings. The van der Waals surface area contributed by atoms with Gasteiger partial charge in [-0.15, -0.1) is 0 Å². The van der Waals surface area contributed by atoms with E-state index in [-0.39, 0.29) is 10.6 Å². The number of para-hydroxylation sites is 1. The summed E-state index contributed by atoms with van der Waals surface area (Å²) in [5.41, 5.74) is 1.05. The van der Waals surface area contributed by atoms with E-state index in [1.54, 1.807) is 36.2 Å². The highest BCUT2D eigenvalue weighted by Gasteiger charge is 2.18. The summed E-state index contributed by atoms with van der Waals surface area (Å²) in [5.74, 6) is 0.125. The molecule has 0 atom stereocenters. The minimum atomic E-state index is -4.29. The lowest BCUT2D eigenvalue weighted by Gasteiger charge is -2.21. The molecule has 0 aliphatic carbocycles. The molecule has 5 nitrogen and oxygen atoms in total. The first-order chi connectivity index (χ1) is 8.89. The van der Waals surface area contributed by atoms with Crippen LogP contribution < -0.4 is 4.90 Å². The fourth-order valence-corrected chi connectivity index (χ4v) is 2.49. The molecule has 100 valence electrons. The van der Waals surface area contributed by atoms with E-state index < -0.39 is 10.1 Å². The van der Waals surface area contributed by atoms with Gasteiger partial charge in [0.2, 0.25) is 0 Å². The van der Waals surface area contributed by atoms with Gasteiger partial charge in [0.15, 0.2) is 0 Å². The average Bonchev–Trinajstić information content (AvgIpc) is 2.38. The minimum Gasteiger partial charge on any atom is -0.508 e. The van der Waals surface area contributed by atoms with Crippen molar-refractivity contribution in [2.45, 2.75) is 4.90 Å². The maximum absolute atomic E-state index is 11.3. The molecule has 0 unspecified atom stereocenters. The molecule has 19 heavy (non-hydrogen) atoms. The van der Waals surface area contributed by atoms with Crippen molar-refractivity contribution in [3.05, 3.63) is 48.5 Å². The van der Waals surface area contributed by atoms with E-state index in [1.165, 1.54) is 24.3 Å². The van der Waals surface area contributed by atoms with Crippen LogP contribution in [-0.4, -0.2) is 25.1 Å². The van der Waals surface area contributed by atoms with Gasteiger partial charge >= 0.3 is 0 Å². The smallest absolute Gasteiger partial charge is 0.296 e. The van der Waals surface area contributed by atoms with Gasteiger partial charge in [0.05, 0.1) is 5.69 Å². The lowest BCUT2D eigenvalue weighted by atomic mass is 10.2. The molecule has 2 aromatic carbocycles. The topological polar surface area (TPSA) is 77.8 Å². The molecule has 0 bridgehead atoms. The quantitative estimate of drug-likeness (QED) is 0.844. The van der Waals surface area contributed by atoms with Crippen molar-refractivity contribution < 1.29 is 18.1 Å². The second-order valence-electron chi connectivity index (χ2n) is 4.02. The third-order valence-corrected chi connectivity index (χ3v) is 3.64. The van der Waals surface area contributed by atoms with Gasteiger partial charge in [-0.1, -0.05) is 12.1 Å². The number of anilines is 2. The monoisotopic (exact) mass is 279 g/mol. The summed E-state index contributed by atoms with van der Waals surface area (Å²) >= 11 is 0. The second-order valence-corrected chi connectivity index (χ2v) is 5.41. The predicted octanol–water partition coefficient (Wildman–Crippen LogP) is 2.41. The molecule has 0 saturated heterocycles. The highest BCUT2D eigenvalue weighted by molar-refractivity contribution is 7.86. The Morgan fingerprint density at radius 2 is 1.58 bits per heavy atom. The van der Waals surface area contributed by atoms with Crippen molar-refractivity contribution in [1.29, 1.82) is 0 Å². The highest BCUT2D eigenvalue weighted by Crippen LogP contribution is 2.30. The van der Waals surface area contributed by atoms with Crippen LogP contribution in [-0.2, 0) is 10.1 Å². The Bertz CT molecular complexity index is 680. The van der Waals surface area contributed by atoms with Crippen LogP contribution in [0.3, 0.4) is 0 Å². The van der Waals surface area contributed by atoms with Crippen LogP contribution in [0.4, 0.5) is 11.4 Å². The Kier molecular flexibility index (Phi) is 3.46. The van der Waals surface area contributed by atoms with Crippen LogP contribution in [0.5, 0.6) is 5.75 Å². The van der Waals surface area contributed by atoms with E-state index in [2.05, 4.69) is 0 Å². The highest BCUT2D eigenvalue weighted by atomic mass is 32.2.